The Morgan fingerprint density at radius 2 is 2.00 bits per heavy atom. The first-order valence-corrected chi connectivity index (χ1v) is 6.85. The molecule has 4 heteroatoms. The predicted octanol–water partition coefficient (Wildman–Crippen LogP) is 1.53. The van der Waals surface area contributed by atoms with Gasteiger partial charge in [-0.2, -0.15) is 0 Å². The molecule has 1 fully saturated rings. The molecule has 0 aromatic heterocycles. The summed E-state index contributed by atoms with van der Waals surface area (Å²) in [6, 6.07) is 9.79. The molecule has 104 valence electrons. The standard InChI is InChI=1S/C15H21NO3/c17-13-10-14(15(18)19)16(11-13)9-5-4-8-12-6-2-1-3-7-12/h1-3,6-7,13-14,17H,4-5,8-11H2,(H,18,19). The maximum atomic E-state index is 11.1. The molecular formula is C15H21NO3. The Bertz CT molecular complexity index is 407. The van der Waals surface area contributed by atoms with Gasteiger partial charge in [0.2, 0.25) is 0 Å². The van der Waals surface area contributed by atoms with Gasteiger partial charge in [0.1, 0.15) is 6.04 Å². The monoisotopic (exact) mass is 263 g/mol. The normalized spacial score (nSPS) is 23.6. The van der Waals surface area contributed by atoms with E-state index in [9.17, 15) is 9.90 Å². The van der Waals surface area contributed by atoms with Gasteiger partial charge in [0, 0.05) is 13.0 Å². The van der Waals surface area contributed by atoms with Crippen molar-refractivity contribution < 1.29 is 15.0 Å². The van der Waals surface area contributed by atoms with Gasteiger partial charge in [-0.3, -0.25) is 9.69 Å². The van der Waals surface area contributed by atoms with Crippen LogP contribution in [0.2, 0.25) is 0 Å². The van der Waals surface area contributed by atoms with Crippen LogP contribution < -0.4 is 0 Å². The smallest absolute Gasteiger partial charge is 0.321 e. The number of aliphatic hydroxyl groups excluding tert-OH is 1. The van der Waals surface area contributed by atoms with Crippen LogP contribution in [0.15, 0.2) is 30.3 Å². The zero-order chi connectivity index (χ0) is 13.7. The predicted molar refractivity (Wildman–Crippen MR) is 73.0 cm³/mol. The van der Waals surface area contributed by atoms with Gasteiger partial charge in [-0.25, -0.2) is 0 Å². The highest BCUT2D eigenvalue weighted by Gasteiger charge is 2.35. The molecule has 2 rings (SSSR count). The van der Waals surface area contributed by atoms with E-state index >= 15 is 0 Å². The van der Waals surface area contributed by atoms with Crippen LogP contribution in [0.25, 0.3) is 0 Å². The van der Waals surface area contributed by atoms with Gasteiger partial charge in [0.05, 0.1) is 6.10 Å². The lowest BCUT2D eigenvalue weighted by molar-refractivity contribution is -0.142. The van der Waals surface area contributed by atoms with Crippen molar-refractivity contribution in [2.45, 2.75) is 37.8 Å². The topological polar surface area (TPSA) is 60.8 Å². The van der Waals surface area contributed by atoms with Crippen LogP contribution in [-0.2, 0) is 11.2 Å². The van der Waals surface area contributed by atoms with E-state index in [1.54, 1.807) is 0 Å². The molecule has 1 aliphatic heterocycles. The van der Waals surface area contributed by atoms with E-state index in [1.807, 2.05) is 23.1 Å². The van der Waals surface area contributed by atoms with E-state index in [-0.39, 0.29) is 0 Å². The van der Waals surface area contributed by atoms with E-state index in [4.69, 9.17) is 5.11 Å². The average Bonchev–Trinajstić information content (AvgIpc) is 2.77. The summed E-state index contributed by atoms with van der Waals surface area (Å²) < 4.78 is 0. The molecule has 0 spiro atoms. The van der Waals surface area contributed by atoms with Crippen LogP contribution in [-0.4, -0.2) is 46.3 Å². The van der Waals surface area contributed by atoms with E-state index in [1.165, 1.54) is 5.56 Å². The molecule has 1 aromatic carbocycles. The van der Waals surface area contributed by atoms with Crippen LogP contribution in [0, 0.1) is 0 Å². The van der Waals surface area contributed by atoms with Crippen molar-refractivity contribution in [1.82, 2.24) is 4.90 Å². The molecule has 1 saturated heterocycles. The summed E-state index contributed by atoms with van der Waals surface area (Å²) in [4.78, 5) is 12.9. The second-order valence-electron chi connectivity index (χ2n) is 5.18. The Balaban J connectivity index is 1.72. The highest BCUT2D eigenvalue weighted by molar-refractivity contribution is 5.74. The SMILES string of the molecule is O=C(O)C1CC(O)CN1CCCCc1ccccc1. The molecular weight excluding hydrogens is 242 g/mol. The van der Waals surface area contributed by atoms with E-state index in [0.29, 0.717) is 13.0 Å². The molecule has 4 nitrogen and oxygen atoms in total. The second-order valence-corrected chi connectivity index (χ2v) is 5.18. The first-order chi connectivity index (χ1) is 9.16. The van der Waals surface area contributed by atoms with Crippen molar-refractivity contribution in [1.29, 1.82) is 0 Å². The summed E-state index contributed by atoms with van der Waals surface area (Å²) in [6.45, 7) is 1.24. The zero-order valence-electron chi connectivity index (χ0n) is 11.0. The lowest BCUT2D eigenvalue weighted by atomic mass is 10.1. The number of aryl methyl sites for hydroxylation is 1. The van der Waals surface area contributed by atoms with Crippen LogP contribution >= 0.6 is 0 Å². The minimum absolute atomic E-state index is 0.355. The van der Waals surface area contributed by atoms with Crippen LogP contribution in [0.1, 0.15) is 24.8 Å². The van der Waals surface area contributed by atoms with Gasteiger partial charge in [0.15, 0.2) is 0 Å². The van der Waals surface area contributed by atoms with E-state index < -0.39 is 18.1 Å². The zero-order valence-corrected chi connectivity index (χ0v) is 11.0. The number of hydrogen-bond acceptors (Lipinski definition) is 3. The number of unbranched alkanes of at least 4 members (excludes halogenated alkanes) is 1. The first-order valence-electron chi connectivity index (χ1n) is 6.85. The Hall–Kier alpha value is -1.39. The second kappa shape index (κ2) is 6.68. The summed E-state index contributed by atoms with van der Waals surface area (Å²) in [5.41, 5.74) is 1.32. The Kier molecular flexibility index (Phi) is 4.93. The number of carboxylic acid groups (broad SMARTS) is 1. The van der Waals surface area contributed by atoms with Crippen LogP contribution in [0.4, 0.5) is 0 Å². The molecule has 0 saturated carbocycles. The largest absolute Gasteiger partial charge is 0.480 e. The summed E-state index contributed by atoms with van der Waals surface area (Å²) in [5.74, 6) is -0.820. The van der Waals surface area contributed by atoms with Crippen molar-refractivity contribution in [2.24, 2.45) is 0 Å². The number of rotatable bonds is 6. The van der Waals surface area contributed by atoms with Crippen molar-refractivity contribution in [3.05, 3.63) is 35.9 Å². The Morgan fingerprint density at radius 3 is 2.68 bits per heavy atom. The van der Waals surface area contributed by atoms with Gasteiger partial charge in [0.25, 0.3) is 0 Å². The summed E-state index contributed by atoms with van der Waals surface area (Å²) in [7, 11) is 0. The molecule has 1 aromatic rings. The van der Waals surface area contributed by atoms with Crippen molar-refractivity contribution in [3.8, 4) is 0 Å². The molecule has 1 heterocycles. The third-order valence-electron chi connectivity index (χ3n) is 3.67. The summed E-state index contributed by atoms with van der Waals surface area (Å²) >= 11 is 0. The number of carboxylic acids is 1. The molecule has 19 heavy (non-hydrogen) atoms. The number of aliphatic hydroxyl groups is 1. The summed E-state index contributed by atoms with van der Waals surface area (Å²) in [6.07, 6.45) is 2.90. The third kappa shape index (κ3) is 4.04. The number of β-amino-alcohol motifs (C(OH)–C–C–N with tert-alkyl or cyclic N) is 1. The number of likely N-dealkylation sites (tertiary alicyclic amines) is 1. The molecule has 1 aliphatic rings. The highest BCUT2D eigenvalue weighted by atomic mass is 16.4. The molecule has 0 aliphatic carbocycles. The van der Waals surface area contributed by atoms with E-state index in [2.05, 4.69) is 12.1 Å². The van der Waals surface area contributed by atoms with Gasteiger partial charge < -0.3 is 10.2 Å². The Morgan fingerprint density at radius 1 is 1.26 bits per heavy atom. The molecule has 0 bridgehead atoms. The first kappa shape index (κ1) is 14.0. The minimum Gasteiger partial charge on any atom is -0.480 e. The lowest BCUT2D eigenvalue weighted by Crippen LogP contribution is -2.36. The van der Waals surface area contributed by atoms with Crippen molar-refractivity contribution in [2.75, 3.05) is 13.1 Å². The van der Waals surface area contributed by atoms with Crippen LogP contribution in [0.5, 0.6) is 0 Å². The number of nitrogens with zero attached hydrogens (tertiary/aromatic N) is 1. The Labute approximate surface area is 113 Å². The number of carbonyl (C=O) groups is 1. The maximum absolute atomic E-state index is 11.1. The third-order valence-corrected chi connectivity index (χ3v) is 3.67. The van der Waals surface area contributed by atoms with Gasteiger partial charge in [-0.05, 0) is 31.4 Å². The molecule has 0 radical (unpaired) electrons. The molecule has 2 N–H and O–H groups in total. The van der Waals surface area contributed by atoms with Crippen molar-refractivity contribution >= 4 is 5.97 Å². The van der Waals surface area contributed by atoms with Gasteiger partial charge in [-0.1, -0.05) is 30.3 Å². The van der Waals surface area contributed by atoms with E-state index in [0.717, 1.165) is 25.8 Å². The molecule has 2 atom stereocenters. The molecule has 0 amide bonds. The quantitative estimate of drug-likeness (QED) is 0.764. The maximum Gasteiger partial charge on any atom is 0.321 e. The fraction of sp³-hybridized carbons (Fsp3) is 0.533. The summed E-state index contributed by atoms with van der Waals surface area (Å²) in [5, 5.41) is 18.6. The van der Waals surface area contributed by atoms with Gasteiger partial charge in [-0.15, -0.1) is 0 Å². The van der Waals surface area contributed by atoms with Crippen LogP contribution in [0.3, 0.4) is 0 Å². The average molecular weight is 263 g/mol. The number of hydrogen-bond donors (Lipinski definition) is 2. The fourth-order valence-electron chi connectivity index (χ4n) is 2.67. The number of aliphatic carboxylic acids is 1. The lowest BCUT2D eigenvalue weighted by Gasteiger charge is -2.20. The minimum atomic E-state index is -0.820. The van der Waals surface area contributed by atoms with Gasteiger partial charge >= 0.3 is 5.97 Å². The fourth-order valence-corrected chi connectivity index (χ4v) is 2.67. The number of benzene rings is 1. The highest BCUT2D eigenvalue weighted by Crippen LogP contribution is 2.19. The molecule has 2 unspecified atom stereocenters. The van der Waals surface area contributed by atoms with Crippen molar-refractivity contribution in [3.63, 3.8) is 0 Å².